The van der Waals surface area contributed by atoms with Crippen molar-refractivity contribution >= 4 is 0 Å². The molecule has 2 unspecified atom stereocenters. The lowest BCUT2D eigenvalue weighted by molar-refractivity contribution is 0.211. The lowest BCUT2D eigenvalue weighted by Gasteiger charge is -2.22. The molecule has 2 nitrogen and oxygen atoms in total. The molecule has 0 bridgehead atoms. The molecule has 19 heavy (non-hydrogen) atoms. The fraction of sp³-hybridized carbons (Fsp3) is 0.647. The van der Waals surface area contributed by atoms with E-state index < -0.39 is 0 Å². The second kappa shape index (κ2) is 6.95. The van der Waals surface area contributed by atoms with E-state index in [-0.39, 0.29) is 11.5 Å². The molecule has 0 spiro atoms. The minimum atomic E-state index is 0.164. The Morgan fingerprint density at radius 2 is 1.89 bits per heavy atom. The topological polar surface area (TPSA) is 21.3 Å². The molecule has 0 radical (unpaired) electrons. The summed E-state index contributed by atoms with van der Waals surface area (Å²) < 4.78 is 5.98. The van der Waals surface area contributed by atoms with E-state index in [1.165, 1.54) is 5.56 Å². The van der Waals surface area contributed by atoms with Gasteiger partial charge in [0.05, 0.1) is 0 Å². The minimum Gasteiger partial charge on any atom is -0.489 e. The summed E-state index contributed by atoms with van der Waals surface area (Å²) in [5.41, 5.74) is 1.48. The van der Waals surface area contributed by atoms with E-state index >= 15 is 0 Å². The Bertz CT molecular complexity index is 381. The number of rotatable bonds is 6. The van der Waals surface area contributed by atoms with Gasteiger partial charge in [0.15, 0.2) is 0 Å². The van der Waals surface area contributed by atoms with Crippen molar-refractivity contribution in [3.63, 3.8) is 0 Å². The highest BCUT2D eigenvalue weighted by Crippen LogP contribution is 2.25. The largest absolute Gasteiger partial charge is 0.489 e. The number of ether oxygens (including phenoxy) is 1. The lowest BCUT2D eigenvalue weighted by atomic mass is 9.87. The van der Waals surface area contributed by atoms with Crippen molar-refractivity contribution in [1.29, 1.82) is 0 Å². The predicted molar refractivity (Wildman–Crippen MR) is 83.0 cm³/mol. The zero-order valence-corrected chi connectivity index (χ0v) is 13.3. The van der Waals surface area contributed by atoms with Crippen LogP contribution in [0, 0.1) is 0 Å². The molecule has 2 atom stereocenters. The first-order valence-corrected chi connectivity index (χ1v) is 7.33. The molecule has 0 saturated carbocycles. The van der Waals surface area contributed by atoms with Gasteiger partial charge in [-0.15, -0.1) is 0 Å². The fourth-order valence-corrected chi connectivity index (χ4v) is 1.82. The first-order valence-electron chi connectivity index (χ1n) is 7.33. The molecule has 0 amide bonds. The highest BCUT2D eigenvalue weighted by atomic mass is 16.5. The van der Waals surface area contributed by atoms with Gasteiger partial charge in [-0.3, -0.25) is 0 Å². The molecule has 0 aliphatic heterocycles. The van der Waals surface area contributed by atoms with Crippen molar-refractivity contribution in [3.05, 3.63) is 29.8 Å². The van der Waals surface area contributed by atoms with Gasteiger partial charge in [-0.1, -0.05) is 39.8 Å². The van der Waals surface area contributed by atoms with Gasteiger partial charge in [0.2, 0.25) is 0 Å². The zero-order valence-electron chi connectivity index (χ0n) is 13.3. The summed E-state index contributed by atoms with van der Waals surface area (Å²) in [4.78, 5) is 0. The van der Waals surface area contributed by atoms with Crippen LogP contribution in [0.5, 0.6) is 5.75 Å². The van der Waals surface area contributed by atoms with Crippen LogP contribution in [0.15, 0.2) is 24.3 Å². The number of nitrogens with one attached hydrogen (secondary N) is 1. The van der Waals surface area contributed by atoms with Crippen molar-refractivity contribution in [2.45, 2.75) is 65.5 Å². The number of hydrogen-bond acceptors (Lipinski definition) is 2. The molecule has 0 heterocycles. The van der Waals surface area contributed by atoms with Crippen LogP contribution in [0.25, 0.3) is 0 Å². The molecule has 1 N–H and O–H groups in total. The monoisotopic (exact) mass is 263 g/mol. The van der Waals surface area contributed by atoms with Gasteiger partial charge in [0.25, 0.3) is 0 Å². The van der Waals surface area contributed by atoms with Gasteiger partial charge in [-0.05, 0) is 43.4 Å². The van der Waals surface area contributed by atoms with Gasteiger partial charge in [0.1, 0.15) is 11.9 Å². The minimum absolute atomic E-state index is 0.164. The molecule has 0 aromatic heterocycles. The first kappa shape index (κ1) is 16.0. The lowest BCUT2D eigenvalue weighted by Crippen LogP contribution is -2.34. The molecule has 1 aromatic rings. The molecule has 0 aliphatic carbocycles. The molecular formula is C17H29NO. The summed E-state index contributed by atoms with van der Waals surface area (Å²) in [5.74, 6) is 0.964. The number of benzene rings is 1. The van der Waals surface area contributed by atoms with Gasteiger partial charge < -0.3 is 10.1 Å². The third kappa shape index (κ3) is 5.65. The van der Waals surface area contributed by atoms with Gasteiger partial charge in [0, 0.05) is 12.6 Å². The van der Waals surface area contributed by atoms with Crippen LogP contribution in [0.1, 0.15) is 53.5 Å². The first-order chi connectivity index (χ1) is 8.82. The van der Waals surface area contributed by atoms with Crippen LogP contribution >= 0.6 is 0 Å². The van der Waals surface area contributed by atoms with Gasteiger partial charge >= 0.3 is 0 Å². The number of hydrogen-bond donors (Lipinski definition) is 1. The quantitative estimate of drug-likeness (QED) is 0.833. The van der Waals surface area contributed by atoms with Crippen molar-refractivity contribution in [2.24, 2.45) is 0 Å². The summed E-state index contributed by atoms with van der Waals surface area (Å²) in [6, 6.07) is 8.97. The normalized spacial score (nSPS) is 15.1. The Hall–Kier alpha value is -1.02. The maximum absolute atomic E-state index is 5.98. The Morgan fingerprint density at radius 3 is 2.47 bits per heavy atom. The maximum atomic E-state index is 5.98. The van der Waals surface area contributed by atoms with E-state index in [4.69, 9.17) is 4.74 Å². The zero-order chi connectivity index (χ0) is 14.5. The van der Waals surface area contributed by atoms with Crippen LogP contribution in [0.2, 0.25) is 0 Å². The summed E-state index contributed by atoms with van der Waals surface area (Å²) >= 11 is 0. The Balaban J connectivity index is 2.57. The van der Waals surface area contributed by atoms with Crippen LogP contribution < -0.4 is 10.1 Å². The molecule has 2 heteroatoms. The molecule has 1 rings (SSSR count). The van der Waals surface area contributed by atoms with Crippen molar-refractivity contribution in [3.8, 4) is 5.75 Å². The van der Waals surface area contributed by atoms with Gasteiger partial charge in [-0.25, -0.2) is 0 Å². The smallest absolute Gasteiger partial charge is 0.120 e. The highest BCUT2D eigenvalue weighted by molar-refractivity contribution is 5.32. The van der Waals surface area contributed by atoms with E-state index in [9.17, 15) is 0 Å². The maximum Gasteiger partial charge on any atom is 0.120 e. The predicted octanol–water partition coefficient (Wildman–Crippen LogP) is 4.14. The molecular weight excluding hydrogens is 234 g/mol. The average Bonchev–Trinajstić information content (AvgIpc) is 2.35. The Morgan fingerprint density at radius 1 is 1.21 bits per heavy atom. The van der Waals surface area contributed by atoms with Crippen molar-refractivity contribution in [2.75, 3.05) is 6.54 Å². The third-order valence-electron chi connectivity index (χ3n) is 3.40. The van der Waals surface area contributed by atoms with E-state index in [1.54, 1.807) is 0 Å². The Kier molecular flexibility index (Phi) is 5.86. The standard InChI is InChI=1S/C17H29NO/c1-7-13(2)18-12-14(3)19-16-10-8-9-15(11-16)17(4,5)6/h8-11,13-14,18H,7,12H2,1-6H3. The molecule has 108 valence electrons. The second-order valence-corrected chi connectivity index (χ2v) is 6.42. The van der Waals surface area contributed by atoms with Crippen molar-refractivity contribution in [1.82, 2.24) is 5.32 Å². The van der Waals surface area contributed by atoms with Crippen LogP contribution in [-0.2, 0) is 5.41 Å². The second-order valence-electron chi connectivity index (χ2n) is 6.42. The summed E-state index contributed by atoms with van der Waals surface area (Å²) in [6.45, 7) is 14.1. The highest BCUT2D eigenvalue weighted by Gasteiger charge is 2.14. The summed E-state index contributed by atoms with van der Waals surface area (Å²) in [5, 5.41) is 3.47. The van der Waals surface area contributed by atoms with E-state index in [0.29, 0.717) is 6.04 Å². The van der Waals surface area contributed by atoms with E-state index in [2.05, 4.69) is 65.1 Å². The molecule has 0 fully saturated rings. The van der Waals surface area contributed by atoms with Gasteiger partial charge in [-0.2, -0.15) is 0 Å². The summed E-state index contributed by atoms with van der Waals surface area (Å²) in [6.07, 6.45) is 1.33. The summed E-state index contributed by atoms with van der Waals surface area (Å²) in [7, 11) is 0. The molecule has 0 aliphatic rings. The fourth-order valence-electron chi connectivity index (χ4n) is 1.82. The van der Waals surface area contributed by atoms with Crippen LogP contribution in [0.3, 0.4) is 0 Å². The van der Waals surface area contributed by atoms with Crippen molar-refractivity contribution < 1.29 is 4.74 Å². The van der Waals surface area contributed by atoms with E-state index in [0.717, 1.165) is 18.7 Å². The van der Waals surface area contributed by atoms with Crippen LogP contribution in [-0.4, -0.2) is 18.7 Å². The molecule has 0 saturated heterocycles. The third-order valence-corrected chi connectivity index (χ3v) is 3.40. The van der Waals surface area contributed by atoms with Crippen LogP contribution in [0.4, 0.5) is 0 Å². The average molecular weight is 263 g/mol. The van der Waals surface area contributed by atoms with E-state index in [1.807, 2.05) is 6.07 Å². The molecule has 1 aromatic carbocycles. The Labute approximate surface area is 118 Å². The SMILES string of the molecule is CCC(C)NCC(C)Oc1cccc(C(C)(C)C)c1.